The highest BCUT2D eigenvalue weighted by Gasteiger charge is 2.39. The number of hydrogen-bond donors (Lipinski definition) is 1. The molecule has 6 rings (SSSR count). The molecule has 0 spiro atoms. The van der Waals surface area contributed by atoms with Crippen molar-refractivity contribution in [2.75, 3.05) is 11.9 Å². The van der Waals surface area contributed by atoms with Crippen LogP contribution in [0.1, 0.15) is 29.9 Å². The standard InChI is InChI=1S/C30H27ClN8O2/c1-37-26-13-11-24(17-22(26)18-33-37)34-30(41)29-25(20-6-3-2-4-7-20)8-5-15-38(29)28(40)14-9-21-16-23(31)10-12-27(21)39-19-32-35-36-39/h2-4,6-7,9-14,16-19,25,29H,5,8,15H2,1H3,(H,34,41)/b14-9+. The number of nitrogens with zero attached hydrogens (tertiary/aromatic N) is 7. The summed E-state index contributed by atoms with van der Waals surface area (Å²) < 4.78 is 3.28. The molecule has 1 aliphatic rings. The molecule has 41 heavy (non-hydrogen) atoms. The molecule has 1 N–H and O–H groups in total. The number of nitrogens with one attached hydrogen (secondary N) is 1. The van der Waals surface area contributed by atoms with E-state index in [1.165, 1.54) is 17.1 Å². The third kappa shape index (κ3) is 5.46. The van der Waals surface area contributed by atoms with Crippen LogP contribution >= 0.6 is 11.6 Å². The fourth-order valence-electron chi connectivity index (χ4n) is 5.47. The first-order chi connectivity index (χ1) is 20.0. The minimum atomic E-state index is -0.703. The molecule has 206 valence electrons. The molecule has 0 aliphatic carbocycles. The van der Waals surface area contributed by atoms with E-state index in [1.807, 2.05) is 55.6 Å². The molecular weight excluding hydrogens is 540 g/mol. The lowest BCUT2D eigenvalue weighted by molar-refractivity contribution is -0.137. The van der Waals surface area contributed by atoms with Crippen molar-refractivity contribution in [1.29, 1.82) is 0 Å². The van der Waals surface area contributed by atoms with Crippen molar-refractivity contribution >= 4 is 46.1 Å². The van der Waals surface area contributed by atoms with Crippen molar-refractivity contribution in [1.82, 2.24) is 34.9 Å². The fraction of sp³-hybridized carbons (Fsp3) is 0.200. The average Bonchev–Trinajstić information content (AvgIpc) is 3.66. The molecule has 11 heteroatoms. The topological polar surface area (TPSA) is 111 Å². The quantitative estimate of drug-likeness (QED) is 0.300. The lowest BCUT2D eigenvalue weighted by Crippen LogP contribution is -2.53. The van der Waals surface area contributed by atoms with Gasteiger partial charge in [0.25, 0.3) is 0 Å². The number of halogens is 1. The molecular formula is C30H27ClN8O2. The lowest BCUT2D eigenvalue weighted by atomic mass is 9.82. The first-order valence-electron chi connectivity index (χ1n) is 13.3. The third-order valence-corrected chi connectivity index (χ3v) is 7.65. The average molecular weight is 567 g/mol. The Balaban J connectivity index is 1.31. The van der Waals surface area contributed by atoms with Gasteiger partial charge >= 0.3 is 0 Å². The Hall–Kier alpha value is -4.83. The van der Waals surface area contributed by atoms with Gasteiger partial charge in [0.15, 0.2) is 0 Å². The molecule has 2 unspecified atom stereocenters. The number of aryl methyl sites for hydroxylation is 1. The van der Waals surface area contributed by atoms with Gasteiger partial charge in [0, 0.05) is 47.2 Å². The maximum Gasteiger partial charge on any atom is 0.247 e. The molecule has 3 heterocycles. The number of aromatic nitrogens is 6. The van der Waals surface area contributed by atoms with Crippen molar-refractivity contribution in [2.24, 2.45) is 7.05 Å². The summed E-state index contributed by atoms with van der Waals surface area (Å²) >= 11 is 6.26. The van der Waals surface area contributed by atoms with E-state index in [0.29, 0.717) is 28.5 Å². The molecule has 10 nitrogen and oxygen atoms in total. The van der Waals surface area contributed by atoms with Gasteiger partial charge in [0.1, 0.15) is 12.4 Å². The van der Waals surface area contributed by atoms with Gasteiger partial charge in [0.05, 0.1) is 17.4 Å². The summed E-state index contributed by atoms with van der Waals surface area (Å²) in [5, 5.41) is 20.2. The van der Waals surface area contributed by atoms with Gasteiger partial charge < -0.3 is 10.2 Å². The van der Waals surface area contributed by atoms with Crippen LogP contribution in [0.25, 0.3) is 22.7 Å². The molecule has 2 amide bonds. The van der Waals surface area contributed by atoms with Crippen LogP contribution in [0.2, 0.25) is 5.02 Å². The van der Waals surface area contributed by atoms with E-state index in [2.05, 4.69) is 25.9 Å². The second-order valence-corrected chi connectivity index (χ2v) is 10.4. The number of piperidine rings is 1. The minimum absolute atomic E-state index is 0.160. The summed E-state index contributed by atoms with van der Waals surface area (Å²) in [5.74, 6) is -0.663. The molecule has 2 atom stereocenters. The summed E-state index contributed by atoms with van der Waals surface area (Å²) in [6, 6.07) is 20.1. The maximum absolute atomic E-state index is 13.9. The fourth-order valence-corrected chi connectivity index (χ4v) is 5.65. The van der Waals surface area contributed by atoms with Crippen molar-refractivity contribution in [3.63, 3.8) is 0 Å². The Morgan fingerprint density at radius 1 is 1.07 bits per heavy atom. The number of carbonyl (C=O) groups excluding carboxylic acids is 2. The molecule has 1 fully saturated rings. The zero-order valence-corrected chi connectivity index (χ0v) is 23.0. The highest BCUT2D eigenvalue weighted by Crippen LogP contribution is 2.34. The normalized spacial score (nSPS) is 17.3. The molecule has 0 saturated carbocycles. The van der Waals surface area contributed by atoms with Crippen molar-refractivity contribution in [2.45, 2.75) is 24.8 Å². The van der Waals surface area contributed by atoms with Crippen LogP contribution in [0, 0.1) is 0 Å². The monoisotopic (exact) mass is 566 g/mol. The maximum atomic E-state index is 13.9. The Bertz CT molecular complexity index is 1730. The van der Waals surface area contributed by atoms with Gasteiger partial charge in [0.2, 0.25) is 11.8 Å². The van der Waals surface area contributed by atoms with Crippen LogP contribution in [-0.4, -0.2) is 59.3 Å². The summed E-state index contributed by atoms with van der Waals surface area (Å²) in [4.78, 5) is 29.4. The molecule has 0 bridgehead atoms. The van der Waals surface area contributed by atoms with E-state index >= 15 is 0 Å². The summed E-state index contributed by atoms with van der Waals surface area (Å²) in [6.45, 7) is 0.460. The predicted molar refractivity (Wildman–Crippen MR) is 156 cm³/mol. The Labute approximate surface area is 241 Å². The highest BCUT2D eigenvalue weighted by molar-refractivity contribution is 6.30. The number of carbonyl (C=O) groups is 2. The summed E-state index contributed by atoms with van der Waals surface area (Å²) in [5.41, 5.74) is 3.98. The summed E-state index contributed by atoms with van der Waals surface area (Å²) in [7, 11) is 1.87. The number of anilines is 1. The van der Waals surface area contributed by atoms with Crippen molar-refractivity contribution in [3.8, 4) is 5.69 Å². The number of amides is 2. The van der Waals surface area contributed by atoms with Gasteiger partial charge in [-0.15, -0.1) is 5.10 Å². The number of tetrazole rings is 1. The van der Waals surface area contributed by atoms with E-state index in [1.54, 1.807) is 40.1 Å². The first-order valence-corrected chi connectivity index (χ1v) is 13.6. The molecule has 1 saturated heterocycles. The Morgan fingerprint density at radius 3 is 2.73 bits per heavy atom. The molecule has 0 radical (unpaired) electrons. The number of likely N-dealkylation sites (tertiary alicyclic amines) is 1. The van der Waals surface area contributed by atoms with Gasteiger partial charge in [-0.1, -0.05) is 41.9 Å². The minimum Gasteiger partial charge on any atom is -0.326 e. The smallest absolute Gasteiger partial charge is 0.247 e. The van der Waals surface area contributed by atoms with Crippen molar-refractivity contribution in [3.05, 3.63) is 101 Å². The largest absolute Gasteiger partial charge is 0.326 e. The third-order valence-electron chi connectivity index (χ3n) is 7.42. The predicted octanol–water partition coefficient (Wildman–Crippen LogP) is 4.63. The van der Waals surface area contributed by atoms with Gasteiger partial charge in [-0.2, -0.15) is 9.78 Å². The van der Waals surface area contributed by atoms with Crippen LogP contribution in [0.4, 0.5) is 5.69 Å². The Kier molecular flexibility index (Phi) is 7.30. The van der Waals surface area contributed by atoms with Crippen LogP contribution in [0.3, 0.4) is 0 Å². The lowest BCUT2D eigenvalue weighted by Gasteiger charge is -2.40. The first kappa shape index (κ1) is 26.4. The number of rotatable bonds is 6. The second kappa shape index (κ2) is 11.3. The van der Waals surface area contributed by atoms with Crippen LogP contribution in [0.15, 0.2) is 85.3 Å². The zero-order chi connectivity index (χ0) is 28.3. The van der Waals surface area contributed by atoms with E-state index in [-0.39, 0.29) is 17.7 Å². The van der Waals surface area contributed by atoms with Crippen LogP contribution in [-0.2, 0) is 16.6 Å². The van der Waals surface area contributed by atoms with Crippen molar-refractivity contribution < 1.29 is 9.59 Å². The van der Waals surface area contributed by atoms with Gasteiger partial charge in [-0.25, -0.2) is 0 Å². The van der Waals surface area contributed by atoms with E-state index in [9.17, 15) is 9.59 Å². The molecule has 5 aromatic rings. The number of benzene rings is 3. The van der Waals surface area contributed by atoms with Gasteiger partial charge in [-0.05, 0) is 71.3 Å². The molecule has 3 aromatic carbocycles. The second-order valence-electron chi connectivity index (χ2n) is 9.96. The SMILES string of the molecule is Cn1ncc2cc(NC(=O)C3C(c4ccccc4)CCCN3C(=O)/C=C/c3cc(Cl)ccc3-n3cnnn3)ccc21. The van der Waals surface area contributed by atoms with E-state index < -0.39 is 6.04 Å². The van der Waals surface area contributed by atoms with E-state index in [4.69, 9.17) is 11.6 Å². The number of fused-ring (bicyclic) bond motifs is 1. The molecule has 2 aromatic heterocycles. The zero-order valence-electron chi connectivity index (χ0n) is 22.3. The van der Waals surface area contributed by atoms with Crippen LogP contribution in [0.5, 0.6) is 0 Å². The highest BCUT2D eigenvalue weighted by atomic mass is 35.5. The Morgan fingerprint density at radius 2 is 1.93 bits per heavy atom. The van der Waals surface area contributed by atoms with E-state index in [0.717, 1.165) is 29.3 Å². The van der Waals surface area contributed by atoms with Crippen LogP contribution < -0.4 is 5.32 Å². The molecule has 1 aliphatic heterocycles. The number of hydrogen-bond acceptors (Lipinski definition) is 6. The van der Waals surface area contributed by atoms with Gasteiger partial charge in [-0.3, -0.25) is 14.3 Å². The summed E-state index contributed by atoms with van der Waals surface area (Å²) in [6.07, 6.45) is 7.96.